The number of rotatable bonds is 0. The van der Waals surface area contributed by atoms with E-state index >= 15 is 0 Å². The smallest absolute Gasteiger partial charge is 0.274 e. The molecule has 50 valence electrons. The second-order valence-corrected chi connectivity index (χ2v) is 3.35. The van der Waals surface area contributed by atoms with Crippen molar-refractivity contribution >= 4 is 34.5 Å². The fourth-order valence-corrected chi connectivity index (χ4v) is 1.52. The van der Waals surface area contributed by atoms with Gasteiger partial charge in [0.25, 0.3) is 11.1 Å². The highest BCUT2D eigenvalue weighted by Crippen LogP contribution is 2.27. The van der Waals surface area contributed by atoms with Crippen LogP contribution in [0.4, 0.5) is 4.79 Å². The molecule has 3 nitrogen and oxygen atoms in total. The van der Waals surface area contributed by atoms with Crippen molar-refractivity contribution in [1.29, 1.82) is 0 Å². The number of alkyl halides is 1. The normalized spacial score (nSPS) is 27.8. The summed E-state index contributed by atoms with van der Waals surface area (Å²) in [5.74, 6) is -0.327. The van der Waals surface area contributed by atoms with E-state index in [1.54, 1.807) is 0 Å². The molecule has 0 bridgehead atoms. The molecule has 9 heavy (non-hydrogen) atoms. The Bertz CT molecular complexity index is 172. The molecule has 1 heterocycles. The minimum atomic E-state index is -0.706. The number of nitrogens with zero attached hydrogens (tertiary/aromatic N) is 1. The first-order chi connectivity index (χ1) is 4.13. The zero-order valence-electron chi connectivity index (χ0n) is 4.63. The minimum absolute atomic E-state index is 0.278. The standard InChI is InChI=1S/C4H4ClNO2S/c1-6-3(7)2(5)9-4(6)8/h2H,1H3. The third kappa shape index (κ3) is 1.04. The summed E-state index contributed by atoms with van der Waals surface area (Å²) < 4.78 is -0.706. The van der Waals surface area contributed by atoms with Gasteiger partial charge in [-0.05, 0) is 11.8 Å². The average Bonchev–Trinajstić information content (AvgIpc) is 1.98. The molecule has 1 fully saturated rings. The predicted molar refractivity (Wildman–Crippen MR) is 35.4 cm³/mol. The van der Waals surface area contributed by atoms with Gasteiger partial charge in [-0.25, -0.2) is 0 Å². The Kier molecular flexibility index (Phi) is 1.68. The molecular formula is C4H4ClNO2S. The molecule has 0 aliphatic carbocycles. The fraction of sp³-hybridized carbons (Fsp3) is 0.500. The minimum Gasteiger partial charge on any atom is -0.274 e. The molecule has 0 aromatic heterocycles. The third-order valence-corrected chi connectivity index (χ3v) is 2.34. The summed E-state index contributed by atoms with van der Waals surface area (Å²) in [5.41, 5.74) is 0. The van der Waals surface area contributed by atoms with Gasteiger partial charge in [-0.1, -0.05) is 11.6 Å². The number of halogens is 1. The number of hydrogen-bond donors (Lipinski definition) is 0. The lowest BCUT2D eigenvalue weighted by Gasteiger charge is -2.00. The van der Waals surface area contributed by atoms with Crippen molar-refractivity contribution in [3.63, 3.8) is 0 Å². The van der Waals surface area contributed by atoms with Gasteiger partial charge in [0.1, 0.15) is 0 Å². The van der Waals surface area contributed by atoms with Crippen molar-refractivity contribution < 1.29 is 9.59 Å². The van der Waals surface area contributed by atoms with Crippen molar-refractivity contribution in [2.75, 3.05) is 7.05 Å². The second-order valence-electron chi connectivity index (χ2n) is 1.60. The van der Waals surface area contributed by atoms with Crippen LogP contribution < -0.4 is 0 Å². The number of hydrogen-bond acceptors (Lipinski definition) is 3. The van der Waals surface area contributed by atoms with Crippen LogP contribution >= 0.6 is 23.4 Å². The Labute approximate surface area is 61.3 Å². The van der Waals surface area contributed by atoms with Crippen LogP contribution in [-0.2, 0) is 4.79 Å². The van der Waals surface area contributed by atoms with Crippen molar-refractivity contribution in [2.45, 2.75) is 4.71 Å². The highest BCUT2D eigenvalue weighted by atomic mass is 35.5. The topological polar surface area (TPSA) is 37.4 Å². The molecule has 1 rings (SSSR count). The molecule has 0 aromatic carbocycles. The number of amides is 2. The molecule has 5 heteroatoms. The molecule has 1 aliphatic heterocycles. The maximum Gasteiger partial charge on any atom is 0.290 e. The van der Waals surface area contributed by atoms with E-state index in [0.29, 0.717) is 0 Å². The monoisotopic (exact) mass is 165 g/mol. The SMILES string of the molecule is CN1C(=O)SC(Cl)C1=O. The largest absolute Gasteiger partial charge is 0.290 e. The number of imide groups is 1. The molecule has 0 saturated carbocycles. The average molecular weight is 166 g/mol. The van der Waals surface area contributed by atoms with Crippen LogP contribution in [-0.4, -0.2) is 27.8 Å². The van der Waals surface area contributed by atoms with Gasteiger partial charge in [-0.15, -0.1) is 0 Å². The highest BCUT2D eigenvalue weighted by Gasteiger charge is 2.35. The second kappa shape index (κ2) is 2.19. The lowest BCUT2D eigenvalue weighted by molar-refractivity contribution is -0.124. The molecule has 1 unspecified atom stereocenters. The Hall–Kier alpha value is -0.220. The van der Waals surface area contributed by atoms with Crippen molar-refractivity contribution in [3.05, 3.63) is 0 Å². The molecule has 0 radical (unpaired) electrons. The van der Waals surface area contributed by atoms with E-state index in [1.807, 2.05) is 0 Å². The van der Waals surface area contributed by atoms with E-state index in [4.69, 9.17) is 11.6 Å². The maximum atomic E-state index is 10.7. The van der Waals surface area contributed by atoms with Gasteiger partial charge in [-0.3, -0.25) is 14.5 Å². The van der Waals surface area contributed by atoms with Gasteiger partial charge in [0, 0.05) is 7.05 Å². The van der Waals surface area contributed by atoms with Gasteiger partial charge in [0.05, 0.1) is 0 Å². The molecule has 0 aromatic rings. The highest BCUT2D eigenvalue weighted by molar-refractivity contribution is 8.16. The summed E-state index contributed by atoms with van der Waals surface area (Å²) in [7, 11) is 1.42. The van der Waals surface area contributed by atoms with Crippen molar-refractivity contribution in [2.24, 2.45) is 0 Å². The van der Waals surface area contributed by atoms with Gasteiger partial charge in [0.2, 0.25) is 0 Å². The van der Waals surface area contributed by atoms with Crippen LogP contribution in [0.5, 0.6) is 0 Å². The van der Waals surface area contributed by atoms with Crippen LogP contribution in [0.25, 0.3) is 0 Å². The van der Waals surface area contributed by atoms with Crippen LogP contribution in [0.3, 0.4) is 0 Å². The zero-order chi connectivity index (χ0) is 7.02. The lowest BCUT2D eigenvalue weighted by atomic mass is 10.6. The molecule has 1 atom stereocenters. The summed E-state index contributed by atoms with van der Waals surface area (Å²) in [4.78, 5) is 22.3. The molecule has 1 aliphatic rings. The van der Waals surface area contributed by atoms with Gasteiger partial charge in [-0.2, -0.15) is 0 Å². The van der Waals surface area contributed by atoms with E-state index < -0.39 is 4.71 Å². The summed E-state index contributed by atoms with van der Waals surface area (Å²) >= 11 is 6.24. The number of carbonyl (C=O) groups is 2. The van der Waals surface area contributed by atoms with E-state index in [-0.39, 0.29) is 11.1 Å². The quantitative estimate of drug-likeness (QED) is 0.500. The zero-order valence-corrected chi connectivity index (χ0v) is 6.20. The summed E-state index contributed by atoms with van der Waals surface area (Å²) in [6.07, 6.45) is 0. The summed E-state index contributed by atoms with van der Waals surface area (Å²) in [6, 6.07) is 0. The first kappa shape index (κ1) is 6.89. The Balaban J connectivity index is 2.77. The third-order valence-electron chi connectivity index (χ3n) is 1.00. The molecule has 2 amide bonds. The molecule has 0 spiro atoms. The Morgan fingerprint density at radius 2 is 2.22 bits per heavy atom. The van der Waals surface area contributed by atoms with E-state index in [9.17, 15) is 9.59 Å². The van der Waals surface area contributed by atoms with Crippen molar-refractivity contribution in [3.8, 4) is 0 Å². The van der Waals surface area contributed by atoms with Crippen LogP contribution in [0.15, 0.2) is 0 Å². The maximum absolute atomic E-state index is 10.7. The summed E-state index contributed by atoms with van der Waals surface area (Å²) in [6.45, 7) is 0. The Morgan fingerprint density at radius 1 is 1.67 bits per heavy atom. The van der Waals surface area contributed by atoms with E-state index in [2.05, 4.69) is 0 Å². The predicted octanol–water partition coefficient (Wildman–Crippen LogP) is 0.877. The number of thioether (sulfide) groups is 1. The van der Waals surface area contributed by atoms with E-state index in [1.165, 1.54) is 7.05 Å². The van der Waals surface area contributed by atoms with Crippen LogP contribution in [0.1, 0.15) is 0 Å². The summed E-state index contributed by atoms with van der Waals surface area (Å²) in [5, 5.41) is -0.278. The molecular weight excluding hydrogens is 162 g/mol. The van der Waals surface area contributed by atoms with Crippen LogP contribution in [0.2, 0.25) is 0 Å². The first-order valence-corrected chi connectivity index (χ1v) is 3.57. The molecule has 0 N–H and O–H groups in total. The number of carbonyl (C=O) groups excluding carboxylic acids is 2. The van der Waals surface area contributed by atoms with E-state index in [0.717, 1.165) is 16.7 Å². The lowest BCUT2D eigenvalue weighted by Crippen LogP contribution is -2.25. The van der Waals surface area contributed by atoms with Gasteiger partial charge < -0.3 is 0 Å². The van der Waals surface area contributed by atoms with Crippen molar-refractivity contribution in [1.82, 2.24) is 4.90 Å². The fourth-order valence-electron chi connectivity index (χ4n) is 0.460. The van der Waals surface area contributed by atoms with Gasteiger partial charge in [0.15, 0.2) is 4.71 Å². The Morgan fingerprint density at radius 3 is 2.33 bits per heavy atom. The first-order valence-electron chi connectivity index (χ1n) is 2.25. The molecule has 1 saturated heterocycles. The van der Waals surface area contributed by atoms with Gasteiger partial charge >= 0.3 is 0 Å². The van der Waals surface area contributed by atoms with Crippen LogP contribution in [0, 0.1) is 0 Å².